The van der Waals surface area contributed by atoms with Gasteiger partial charge in [0, 0.05) is 16.9 Å². The Morgan fingerprint density at radius 1 is 0.935 bits per heavy atom. The molecule has 0 aliphatic carbocycles. The number of anilines is 1. The van der Waals surface area contributed by atoms with Gasteiger partial charge in [-0.25, -0.2) is 4.79 Å². The molecule has 31 heavy (non-hydrogen) atoms. The summed E-state index contributed by atoms with van der Waals surface area (Å²) >= 11 is 0. The SMILES string of the molecule is CCOC(=O)c1c(C)[nH]c(C(=O)C(=O)Nc2ccc(C)c(C)c2)c1-c1ccc(C)cc1. The largest absolute Gasteiger partial charge is 0.462 e. The minimum absolute atomic E-state index is 0.0609. The van der Waals surface area contributed by atoms with Gasteiger partial charge in [0.25, 0.3) is 11.7 Å². The van der Waals surface area contributed by atoms with Gasteiger partial charge in [-0.15, -0.1) is 0 Å². The van der Waals surface area contributed by atoms with Crippen LogP contribution in [0.2, 0.25) is 0 Å². The van der Waals surface area contributed by atoms with E-state index in [1.165, 1.54) is 0 Å². The number of esters is 1. The van der Waals surface area contributed by atoms with Crippen molar-refractivity contribution in [3.63, 3.8) is 0 Å². The Hall–Kier alpha value is -3.67. The number of carbonyl (C=O) groups is 3. The molecule has 1 amide bonds. The topological polar surface area (TPSA) is 88.3 Å². The molecule has 0 saturated heterocycles. The minimum atomic E-state index is -0.784. The third-order valence-electron chi connectivity index (χ3n) is 5.21. The van der Waals surface area contributed by atoms with Gasteiger partial charge in [0.05, 0.1) is 12.2 Å². The van der Waals surface area contributed by atoms with E-state index in [1.54, 1.807) is 19.9 Å². The number of Topliss-reactive ketones (excluding diaryl/α,β-unsaturated/α-hetero) is 1. The summed E-state index contributed by atoms with van der Waals surface area (Å²) in [5, 5.41) is 2.65. The molecule has 160 valence electrons. The molecule has 1 aromatic heterocycles. The van der Waals surface area contributed by atoms with E-state index in [1.807, 2.05) is 57.2 Å². The van der Waals surface area contributed by atoms with Crippen LogP contribution in [0.4, 0.5) is 5.69 Å². The highest BCUT2D eigenvalue weighted by Crippen LogP contribution is 2.32. The third kappa shape index (κ3) is 4.58. The molecule has 0 fully saturated rings. The second-order valence-electron chi connectivity index (χ2n) is 7.54. The molecule has 0 spiro atoms. The molecular formula is C25H26N2O4. The molecule has 0 atom stereocenters. The van der Waals surface area contributed by atoms with Crippen molar-refractivity contribution in [3.8, 4) is 11.1 Å². The molecule has 2 aromatic carbocycles. The van der Waals surface area contributed by atoms with Crippen LogP contribution >= 0.6 is 0 Å². The minimum Gasteiger partial charge on any atom is -0.462 e. The van der Waals surface area contributed by atoms with Crippen molar-refractivity contribution in [1.29, 1.82) is 0 Å². The number of carbonyl (C=O) groups excluding carboxylic acids is 3. The van der Waals surface area contributed by atoms with Gasteiger partial charge in [-0.1, -0.05) is 35.9 Å². The average molecular weight is 418 g/mol. The Morgan fingerprint density at radius 2 is 1.61 bits per heavy atom. The van der Waals surface area contributed by atoms with Gasteiger partial charge in [-0.05, 0) is 63.4 Å². The molecule has 0 bridgehead atoms. The maximum Gasteiger partial charge on any atom is 0.340 e. The number of aromatic amines is 1. The molecule has 0 unspecified atom stereocenters. The Balaban J connectivity index is 2.04. The van der Waals surface area contributed by atoms with Crippen LogP contribution in [0.1, 0.15) is 50.2 Å². The van der Waals surface area contributed by atoms with Crippen molar-refractivity contribution < 1.29 is 19.1 Å². The smallest absolute Gasteiger partial charge is 0.340 e. The van der Waals surface area contributed by atoms with Crippen molar-refractivity contribution in [1.82, 2.24) is 4.98 Å². The molecule has 6 heteroatoms. The van der Waals surface area contributed by atoms with Gasteiger partial charge in [-0.2, -0.15) is 0 Å². The zero-order valence-electron chi connectivity index (χ0n) is 18.4. The van der Waals surface area contributed by atoms with Crippen LogP contribution in [0, 0.1) is 27.7 Å². The number of rotatable bonds is 6. The van der Waals surface area contributed by atoms with Crippen molar-refractivity contribution in [2.45, 2.75) is 34.6 Å². The van der Waals surface area contributed by atoms with Crippen molar-refractivity contribution in [2.24, 2.45) is 0 Å². The molecule has 0 aliphatic heterocycles. The van der Waals surface area contributed by atoms with Gasteiger partial charge in [0.15, 0.2) is 0 Å². The monoisotopic (exact) mass is 418 g/mol. The number of hydrogen-bond donors (Lipinski definition) is 2. The highest BCUT2D eigenvalue weighted by atomic mass is 16.5. The number of nitrogens with one attached hydrogen (secondary N) is 2. The van der Waals surface area contributed by atoms with Gasteiger partial charge in [0.1, 0.15) is 5.69 Å². The number of ether oxygens (including phenoxy) is 1. The van der Waals surface area contributed by atoms with Crippen molar-refractivity contribution in [3.05, 3.63) is 76.1 Å². The van der Waals surface area contributed by atoms with Crippen LogP contribution in [0.25, 0.3) is 11.1 Å². The zero-order chi connectivity index (χ0) is 22.7. The van der Waals surface area contributed by atoms with Gasteiger partial charge >= 0.3 is 5.97 Å². The predicted molar refractivity (Wildman–Crippen MR) is 121 cm³/mol. The fourth-order valence-electron chi connectivity index (χ4n) is 3.38. The summed E-state index contributed by atoms with van der Waals surface area (Å²) < 4.78 is 5.20. The van der Waals surface area contributed by atoms with E-state index in [4.69, 9.17) is 4.74 Å². The van der Waals surface area contributed by atoms with Gasteiger partial charge in [-0.3, -0.25) is 9.59 Å². The van der Waals surface area contributed by atoms with Crippen LogP contribution < -0.4 is 5.32 Å². The first kappa shape index (κ1) is 22.0. The number of hydrogen-bond acceptors (Lipinski definition) is 4. The number of benzene rings is 2. The predicted octanol–water partition coefficient (Wildman–Crippen LogP) is 4.91. The van der Waals surface area contributed by atoms with E-state index >= 15 is 0 Å². The highest BCUT2D eigenvalue weighted by molar-refractivity contribution is 6.47. The summed E-state index contributed by atoms with van der Waals surface area (Å²) in [6.07, 6.45) is 0. The summed E-state index contributed by atoms with van der Waals surface area (Å²) in [5.41, 5.74) is 5.48. The maximum absolute atomic E-state index is 13.1. The summed E-state index contributed by atoms with van der Waals surface area (Å²) in [6, 6.07) is 12.8. The van der Waals surface area contributed by atoms with Crippen LogP contribution in [0.15, 0.2) is 42.5 Å². The second kappa shape index (κ2) is 9.00. The van der Waals surface area contributed by atoms with E-state index in [2.05, 4.69) is 10.3 Å². The summed E-state index contributed by atoms with van der Waals surface area (Å²) in [7, 11) is 0. The third-order valence-corrected chi connectivity index (χ3v) is 5.21. The van der Waals surface area contributed by atoms with Crippen LogP contribution in [0.3, 0.4) is 0 Å². The van der Waals surface area contributed by atoms with E-state index in [9.17, 15) is 14.4 Å². The number of ketones is 1. The van der Waals surface area contributed by atoms with Gasteiger partial charge in [0.2, 0.25) is 0 Å². The standard InChI is InChI=1S/C25H26N2O4/c1-6-31-25(30)20-17(5)26-22(21(20)18-10-7-14(2)8-11-18)23(28)24(29)27-19-12-9-15(3)16(4)13-19/h7-13,26H,6H2,1-5H3,(H,27,29). The van der Waals surface area contributed by atoms with E-state index in [0.29, 0.717) is 22.5 Å². The van der Waals surface area contributed by atoms with E-state index < -0.39 is 17.7 Å². The molecule has 3 rings (SSSR count). The quantitative estimate of drug-likeness (QED) is 0.338. The number of aromatic nitrogens is 1. The first-order chi connectivity index (χ1) is 14.7. The van der Waals surface area contributed by atoms with E-state index in [0.717, 1.165) is 16.7 Å². The lowest BCUT2D eigenvalue weighted by Crippen LogP contribution is -2.24. The Bertz CT molecular complexity index is 1160. The van der Waals surface area contributed by atoms with Crippen LogP contribution in [0.5, 0.6) is 0 Å². The Morgan fingerprint density at radius 3 is 2.23 bits per heavy atom. The molecule has 1 heterocycles. The average Bonchev–Trinajstić information content (AvgIpc) is 3.08. The second-order valence-corrected chi connectivity index (χ2v) is 7.54. The molecule has 2 N–H and O–H groups in total. The molecule has 0 radical (unpaired) electrons. The normalized spacial score (nSPS) is 10.6. The van der Waals surface area contributed by atoms with Crippen LogP contribution in [-0.2, 0) is 9.53 Å². The van der Waals surface area contributed by atoms with Crippen LogP contribution in [-0.4, -0.2) is 29.3 Å². The van der Waals surface area contributed by atoms with E-state index in [-0.39, 0.29) is 17.9 Å². The summed E-state index contributed by atoms with van der Waals surface area (Å²) in [5.74, 6) is -2.08. The van der Waals surface area contributed by atoms with Crippen molar-refractivity contribution in [2.75, 3.05) is 11.9 Å². The Kier molecular flexibility index (Phi) is 6.39. The fourth-order valence-corrected chi connectivity index (χ4v) is 3.38. The molecule has 0 saturated carbocycles. The first-order valence-corrected chi connectivity index (χ1v) is 10.1. The molecule has 0 aliphatic rings. The number of amides is 1. The first-order valence-electron chi connectivity index (χ1n) is 10.1. The Labute approximate surface area is 181 Å². The number of H-pyrrole nitrogens is 1. The molecule has 6 nitrogen and oxygen atoms in total. The van der Waals surface area contributed by atoms with Crippen molar-refractivity contribution >= 4 is 23.3 Å². The lowest BCUT2D eigenvalue weighted by atomic mass is 9.97. The summed E-state index contributed by atoms with van der Waals surface area (Å²) in [4.78, 5) is 41.5. The lowest BCUT2D eigenvalue weighted by molar-refractivity contribution is -0.112. The molecule has 3 aromatic rings. The summed E-state index contributed by atoms with van der Waals surface area (Å²) in [6.45, 7) is 9.45. The fraction of sp³-hybridized carbons (Fsp3) is 0.240. The lowest BCUT2D eigenvalue weighted by Gasteiger charge is -2.09. The molecular weight excluding hydrogens is 392 g/mol. The van der Waals surface area contributed by atoms with Gasteiger partial charge < -0.3 is 15.0 Å². The highest BCUT2D eigenvalue weighted by Gasteiger charge is 2.29. The maximum atomic E-state index is 13.1. The zero-order valence-corrected chi connectivity index (χ0v) is 18.4. The number of aryl methyl sites for hydroxylation is 4.